The van der Waals surface area contributed by atoms with Crippen LogP contribution in [0.4, 0.5) is 0 Å². The molecule has 0 atom stereocenters. The summed E-state index contributed by atoms with van der Waals surface area (Å²) >= 11 is 9.47. The first kappa shape index (κ1) is 13.2. The van der Waals surface area contributed by atoms with E-state index in [4.69, 9.17) is 16.3 Å². The number of hydrogen-bond acceptors (Lipinski definition) is 1. The monoisotopic (exact) mass is 322 g/mol. The summed E-state index contributed by atoms with van der Waals surface area (Å²) in [6, 6.07) is 13.7. The Hall–Kier alpha value is -1.25. The van der Waals surface area contributed by atoms with Crippen molar-refractivity contribution in [2.24, 2.45) is 0 Å². The van der Waals surface area contributed by atoms with Crippen LogP contribution >= 0.6 is 27.5 Å². The van der Waals surface area contributed by atoms with E-state index in [1.807, 2.05) is 36.4 Å². The van der Waals surface area contributed by atoms with Crippen molar-refractivity contribution in [1.29, 1.82) is 0 Å². The number of rotatable bonds is 4. The maximum atomic E-state index is 6.03. The molecular formula is C15H12BrClO. The Morgan fingerprint density at radius 3 is 2.56 bits per heavy atom. The highest BCUT2D eigenvalue weighted by Crippen LogP contribution is 2.34. The van der Waals surface area contributed by atoms with Gasteiger partial charge in [-0.15, -0.1) is 0 Å². The van der Waals surface area contributed by atoms with Gasteiger partial charge in [-0.25, -0.2) is 0 Å². The van der Waals surface area contributed by atoms with Crippen molar-refractivity contribution in [3.63, 3.8) is 0 Å². The van der Waals surface area contributed by atoms with Crippen LogP contribution in [0.1, 0.15) is 11.1 Å². The first-order valence-corrected chi connectivity index (χ1v) is 6.66. The lowest BCUT2D eigenvalue weighted by Crippen LogP contribution is -1.97. The van der Waals surface area contributed by atoms with Crippen LogP contribution in [0.15, 0.2) is 53.5 Å². The minimum atomic E-state index is 0.524. The minimum Gasteiger partial charge on any atom is -0.488 e. The smallest absolute Gasteiger partial charge is 0.128 e. The molecule has 1 nitrogen and oxygen atoms in total. The van der Waals surface area contributed by atoms with E-state index in [1.165, 1.54) is 0 Å². The molecule has 0 radical (unpaired) electrons. The molecule has 18 heavy (non-hydrogen) atoms. The molecule has 3 heteroatoms. The maximum Gasteiger partial charge on any atom is 0.128 e. The summed E-state index contributed by atoms with van der Waals surface area (Å²) in [7, 11) is 0. The zero-order chi connectivity index (χ0) is 13.0. The first-order valence-electron chi connectivity index (χ1n) is 5.49. The van der Waals surface area contributed by atoms with Crippen molar-refractivity contribution in [2.45, 2.75) is 6.61 Å². The normalized spacial score (nSPS) is 10.1. The van der Waals surface area contributed by atoms with Gasteiger partial charge in [-0.2, -0.15) is 0 Å². The fourth-order valence-corrected chi connectivity index (χ4v) is 2.25. The predicted molar refractivity (Wildman–Crippen MR) is 80.0 cm³/mol. The standard InChI is InChI=1S/C15H12BrClO/c1-2-12-14(9-8-13(17)15(12)16)18-10-11-6-4-3-5-7-11/h2-9H,1,10H2. The van der Waals surface area contributed by atoms with E-state index in [0.717, 1.165) is 21.3 Å². The molecule has 0 aliphatic heterocycles. The van der Waals surface area contributed by atoms with E-state index in [2.05, 4.69) is 22.5 Å². The molecule has 0 aromatic heterocycles. The highest BCUT2D eigenvalue weighted by molar-refractivity contribution is 9.10. The lowest BCUT2D eigenvalue weighted by Gasteiger charge is -2.11. The minimum absolute atomic E-state index is 0.524. The van der Waals surface area contributed by atoms with Crippen LogP contribution in [-0.4, -0.2) is 0 Å². The highest BCUT2D eigenvalue weighted by Gasteiger charge is 2.08. The fourth-order valence-electron chi connectivity index (χ4n) is 1.60. The summed E-state index contributed by atoms with van der Waals surface area (Å²) in [6.07, 6.45) is 1.73. The average Bonchev–Trinajstić information content (AvgIpc) is 2.41. The molecule has 0 fully saturated rings. The van der Waals surface area contributed by atoms with Crippen molar-refractivity contribution in [3.05, 3.63) is 69.7 Å². The van der Waals surface area contributed by atoms with Gasteiger partial charge in [0, 0.05) is 10.0 Å². The van der Waals surface area contributed by atoms with Crippen molar-refractivity contribution in [3.8, 4) is 5.75 Å². The van der Waals surface area contributed by atoms with E-state index in [1.54, 1.807) is 12.1 Å². The molecular weight excluding hydrogens is 312 g/mol. The second-order valence-corrected chi connectivity index (χ2v) is 4.95. The molecule has 0 N–H and O–H groups in total. The van der Waals surface area contributed by atoms with Crippen LogP contribution < -0.4 is 4.74 Å². The first-order chi connectivity index (χ1) is 8.72. The molecule has 0 bridgehead atoms. The van der Waals surface area contributed by atoms with Crippen LogP contribution in [-0.2, 0) is 6.61 Å². The van der Waals surface area contributed by atoms with Gasteiger partial charge >= 0.3 is 0 Å². The van der Waals surface area contributed by atoms with Gasteiger partial charge in [-0.3, -0.25) is 0 Å². The van der Waals surface area contributed by atoms with E-state index in [-0.39, 0.29) is 0 Å². The van der Waals surface area contributed by atoms with Crippen LogP contribution in [0.25, 0.3) is 6.08 Å². The Morgan fingerprint density at radius 2 is 1.89 bits per heavy atom. The lowest BCUT2D eigenvalue weighted by molar-refractivity contribution is 0.305. The van der Waals surface area contributed by atoms with Crippen molar-refractivity contribution in [2.75, 3.05) is 0 Å². The number of ether oxygens (including phenoxy) is 1. The Kier molecular flexibility index (Phi) is 4.45. The topological polar surface area (TPSA) is 9.23 Å². The molecule has 0 aliphatic rings. The summed E-state index contributed by atoms with van der Waals surface area (Å²) in [6.45, 7) is 4.30. The summed E-state index contributed by atoms with van der Waals surface area (Å²) in [5.41, 5.74) is 2.00. The summed E-state index contributed by atoms with van der Waals surface area (Å²) in [5, 5.41) is 0.650. The van der Waals surface area contributed by atoms with Crippen LogP contribution in [0.5, 0.6) is 5.75 Å². The van der Waals surface area contributed by atoms with Crippen molar-refractivity contribution in [1.82, 2.24) is 0 Å². The quantitative estimate of drug-likeness (QED) is 0.739. The Morgan fingerprint density at radius 1 is 1.17 bits per heavy atom. The van der Waals surface area contributed by atoms with Gasteiger partial charge in [0.1, 0.15) is 12.4 Å². The highest BCUT2D eigenvalue weighted by atomic mass is 79.9. The van der Waals surface area contributed by atoms with Gasteiger partial charge in [-0.05, 0) is 33.6 Å². The zero-order valence-electron chi connectivity index (χ0n) is 9.70. The molecule has 2 aromatic rings. The largest absolute Gasteiger partial charge is 0.488 e. The maximum absolute atomic E-state index is 6.03. The summed E-state index contributed by atoms with van der Waals surface area (Å²) < 4.78 is 6.60. The third-order valence-electron chi connectivity index (χ3n) is 2.53. The summed E-state index contributed by atoms with van der Waals surface area (Å²) in [4.78, 5) is 0. The van der Waals surface area contributed by atoms with E-state index in [0.29, 0.717) is 11.6 Å². The predicted octanol–water partition coefficient (Wildman–Crippen LogP) is 5.32. The van der Waals surface area contributed by atoms with Gasteiger partial charge in [0.2, 0.25) is 0 Å². The second-order valence-electron chi connectivity index (χ2n) is 3.75. The molecule has 0 amide bonds. The zero-order valence-corrected chi connectivity index (χ0v) is 12.0. The number of hydrogen-bond donors (Lipinski definition) is 0. The second kappa shape index (κ2) is 6.07. The van der Waals surface area contributed by atoms with Gasteiger partial charge < -0.3 is 4.74 Å². The van der Waals surface area contributed by atoms with E-state index >= 15 is 0 Å². The van der Waals surface area contributed by atoms with E-state index < -0.39 is 0 Å². The molecule has 2 aromatic carbocycles. The van der Waals surface area contributed by atoms with Gasteiger partial charge in [-0.1, -0.05) is 54.6 Å². The Labute approximate surface area is 120 Å². The fraction of sp³-hybridized carbons (Fsp3) is 0.0667. The SMILES string of the molecule is C=Cc1c(OCc2ccccc2)ccc(Cl)c1Br. The van der Waals surface area contributed by atoms with Gasteiger partial charge in [0.15, 0.2) is 0 Å². The van der Waals surface area contributed by atoms with Crippen LogP contribution in [0, 0.1) is 0 Å². The molecule has 0 unspecified atom stereocenters. The molecule has 2 rings (SSSR count). The molecule has 0 saturated carbocycles. The lowest BCUT2D eigenvalue weighted by atomic mass is 10.2. The number of halogens is 2. The van der Waals surface area contributed by atoms with Gasteiger partial charge in [0.25, 0.3) is 0 Å². The summed E-state index contributed by atoms with van der Waals surface area (Å²) in [5.74, 6) is 0.769. The van der Waals surface area contributed by atoms with E-state index in [9.17, 15) is 0 Å². The molecule has 0 aliphatic carbocycles. The van der Waals surface area contributed by atoms with Crippen molar-refractivity contribution < 1.29 is 4.74 Å². The molecule has 92 valence electrons. The molecule has 0 spiro atoms. The Bertz CT molecular complexity index is 552. The van der Waals surface area contributed by atoms with Crippen LogP contribution in [0.2, 0.25) is 5.02 Å². The molecule has 0 saturated heterocycles. The molecule has 0 heterocycles. The third-order valence-corrected chi connectivity index (χ3v) is 3.93. The average molecular weight is 324 g/mol. The van der Waals surface area contributed by atoms with Crippen molar-refractivity contribution >= 4 is 33.6 Å². The third kappa shape index (κ3) is 2.95. The Balaban J connectivity index is 2.20. The van der Waals surface area contributed by atoms with Gasteiger partial charge in [0.05, 0.1) is 5.02 Å². The number of benzene rings is 2. The van der Waals surface area contributed by atoms with Crippen LogP contribution in [0.3, 0.4) is 0 Å².